The summed E-state index contributed by atoms with van der Waals surface area (Å²) in [7, 11) is -3.58. The number of rotatable bonds is 6. The molecule has 0 saturated carbocycles. The molecule has 0 spiro atoms. The summed E-state index contributed by atoms with van der Waals surface area (Å²) in [5.74, 6) is 0.387. The summed E-state index contributed by atoms with van der Waals surface area (Å²) in [4.78, 5) is 0.401. The summed E-state index contributed by atoms with van der Waals surface area (Å²) in [6.45, 7) is 9.90. The van der Waals surface area contributed by atoms with Crippen LogP contribution >= 0.6 is 0 Å². The molecule has 130 valence electrons. The average Bonchev–Trinajstić information content (AvgIpc) is 2.45. The van der Waals surface area contributed by atoms with Crippen LogP contribution in [-0.4, -0.2) is 8.42 Å². The van der Waals surface area contributed by atoms with Crippen LogP contribution in [0.15, 0.2) is 47.4 Å². The SMILES string of the molecule is Cc1cc(C)c(S(=O)(=O)NC(CC(C)C)c2ccccc2)c(C)c1. The Hall–Kier alpha value is -1.65. The Balaban J connectivity index is 2.41. The fraction of sp³-hybridized carbons (Fsp3) is 0.400. The maximum absolute atomic E-state index is 13.0. The van der Waals surface area contributed by atoms with E-state index in [1.165, 1.54) is 0 Å². The first kappa shape index (κ1) is 18.7. The molecule has 3 nitrogen and oxygen atoms in total. The summed E-state index contributed by atoms with van der Waals surface area (Å²) in [5, 5.41) is 0. The third kappa shape index (κ3) is 4.46. The Kier molecular flexibility index (Phi) is 5.83. The standard InChI is InChI=1S/C20H27NO2S/c1-14(2)11-19(18-9-7-6-8-10-18)21-24(22,23)20-16(4)12-15(3)13-17(20)5/h6-10,12-14,19,21H,11H2,1-5H3. The van der Waals surface area contributed by atoms with Gasteiger partial charge in [-0.3, -0.25) is 0 Å². The van der Waals surface area contributed by atoms with Gasteiger partial charge >= 0.3 is 0 Å². The van der Waals surface area contributed by atoms with Gasteiger partial charge in [0.1, 0.15) is 0 Å². The highest BCUT2D eigenvalue weighted by Crippen LogP contribution is 2.27. The van der Waals surface area contributed by atoms with Crippen molar-refractivity contribution in [3.05, 3.63) is 64.7 Å². The Morgan fingerprint density at radius 3 is 2.00 bits per heavy atom. The van der Waals surface area contributed by atoms with Crippen molar-refractivity contribution in [3.63, 3.8) is 0 Å². The topological polar surface area (TPSA) is 46.2 Å². The first-order chi connectivity index (χ1) is 11.2. The van der Waals surface area contributed by atoms with Gasteiger partial charge in [-0.05, 0) is 49.8 Å². The third-order valence-electron chi connectivity index (χ3n) is 4.08. The second-order valence-corrected chi connectivity index (χ2v) is 8.59. The zero-order chi connectivity index (χ0) is 17.9. The van der Waals surface area contributed by atoms with Gasteiger partial charge in [0.05, 0.1) is 4.90 Å². The molecule has 0 fully saturated rings. The number of nitrogens with one attached hydrogen (secondary N) is 1. The van der Waals surface area contributed by atoms with Crippen LogP contribution in [0.25, 0.3) is 0 Å². The molecule has 24 heavy (non-hydrogen) atoms. The van der Waals surface area contributed by atoms with E-state index in [0.29, 0.717) is 10.8 Å². The fourth-order valence-electron chi connectivity index (χ4n) is 3.25. The normalized spacial score (nSPS) is 13.2. The van der Waals surface area contributed by atoms with Crippen LogP contribution in [0.2, 0.25) is 0 Å². The maximum atomic E-state index is 13.0. The smallest absolute Gasteiger partial charge is 0.207 e. The predicted molar refractivity (Wildman–Crippen MR) is 99.6 cm³/mol. The lowest BCUT2D eigenvalue weighted by Gasteiger charge is -2.22. The van der Waals surface area contributed by atoms with Gasteiger partial charge in [-0.15, -0.1) is 0 Å². The maximum Gasteiger partial charge on any atom is 0.241 e. The van der Waals surface area contributed by atoms with Crippen molar-refractivity contribution in [2.75, 3.05) is 0 Å². The minimum atomic E-state index is -3.58. The summed E-state index contributed by atoms with van der Waals surface area (Å²) in [5.41, 5.74) is 3.65. The van der Waals surface area contributed by atoms with E-state index in [1.54, 1.807) is 0 Å². The molecule has 2 aromatic carbocycles. The lowest BCUT2D eigenvalue weighted by atomic mass is 9.98. The zero-order valence-corrected chi connectivity index (χ0v) is 15.9. The number of hydrogen-bond acceptors (Lipinski definition) is 2. The Labute approximate surface area is 146 Å². The van der Waals surface area contributed by atoms with Gasteiger partial charge in [0.25, 0.3) is 0 Å². The van der Waals surface area contributed by atoms with E-state index >= 15 is 0 Å². The molecule has 1 atom stereocenters. The van der Waals surface area contributed by atoms with Crippen LogP contribution in [0.1, 0.15) is 48.6 Å². The molecule has 0 amide bonds. The lowest BCUT2D eigenvalue weighted by molar-refractivity contribution is 0.471. The summed E-state index contributed by atoms with van der Waals surface area (Å²) in [6.07, 6.45) is 0.757. The molecule has 0 saturated heterocycles. The molecule has 0 radical (unpaired) electrons. The van der Waals surface area contributed by atoms with E-state index in [9.17, 15) is 8.42 Å². The molecule has 2 rings (SSSR count). The van der Waals surface area contributed by atoms with Crippen LogP contribution in [-0.2, 0) is 10.0 Å². The van der Waals surface area contributed by atoms with Gasteiger partial charge in [0.15, 0.2) is 0 Å². The van der Waals surface area contributed by atoms with Gasteiger partial charge in [0.2, 0.25) is 10.0 Å². The van der Waals surface area contributed by atoms with E-state index in [0.717, 1.165) is 28.7 Å². The molecule has 0 aliphatic rings. The molecule has 0 aromatic heterocycles. The average molecular weight is 346 g/mol. The number of benzene rings is 2. The van der Waals surface area contributed by atoms with Crippen molar-refractivity contribution in [3.8, 4) is 0 Å². The molecule has 0 bridgehead atoms. The molecule has 0 aliphatic carbocycles. The second kappa shape index (κ2) is 7.49. The number of sulfonamides is 1. The minimum absolute atomic E-state index is 0.226. The van der Waals surface area contributed by atoms with Gasteiger partial charge in [-0.2, -0.15) is 0 Å². The molecular formula is C20H27NO2S. The van der Waals surface area contributed by atoms with E-state index in [2.05, 4.69) is 18.6 Å². The second-order valence-electron chi connectivity index (χ2n) is 6.94. The van der Waals surface area contributed by atoms with E-state index in [1.807, 2.05) is 63.2 Å². The minimum Gasteiger partial charge on any atom is -0.207 e. The monoisotopic (exact) mass is 345 g/mol. The highest BCUT2D eigenvalue weighted by atomic mass is 32.2. The van der Waals surface area contributed by atoms with E-state index in [4.69, 9.17) is 0 Å². The molecule has 2 aromatic rings. The molecular weight excluding hydrogens is 318 g/mol. The Bertz CT molecular complexity index is 773. The highest BCUT2D eigenvalue weighted by molar-refractivity contribution is 7.89. The van der Waals surface area contributed by atoms with Crippen molar-refractivity contribution in [2.45, 2.75) is 52.0 Å². The van der Waals surface area contributed by atoms with Crippen LogP contribution in [0, 0.1) is 26.7 Å². The predicted octanol–water partition coefficient (Wildman–Crippen LogP) is 4.68. The first-order valence-corrected chi connectivity index (χ1v) is 9.84. The van der Waals surface area contributed by atoms with Gasteiger partial charge in [-0.1, -0.05) is 61.9 Å². The summed E-state index contributed by atoms with van der Waals surface area (Å²) in [6, 6.07) is 13.4. The van der Waals surface area contributed by atoms with Crippen molar-refractivity contribution in [2.24, 2.45) is 5.92 Å². The van der Waals surface area contributed by atoms with Crippen molar-refractivity contribution >= 4 is 10.0 Å². The quantitative estimate of drug-likeness (QED) is 0.826. The van der Waals surface area contributed by atoms with Crippen LogP contribution in [0.4, 0.5) is 0 Å². The highest BCUT2D eigenvalue weighted by Gasteiger charge is 2.25. The Morgan fingerprint density at radius 2 is 1.50 bits per heavy atom. The Morgan fingerprint density at radius 1 is 0.958 bits per heavy atom. The van der Waals surface area contributed by atoms with Crippen molar-refractivity contribution < 1.29 is 8.42 Å². The van der Waals surface area contributed by atoms with Gasteiger partial charge < -0.3 is 0 Å². The van der Waals surface area contributed by atoms with Gasteiger partial charge in [-0.25, -0.2) is 13.1 Å². The van der Waals surface area contributed by atoms with Crippen molar-refractivity contribution in [1.82, 2.24) is 4.72 Å². The first-order valence-electron chi connectivity index (χ1n) is 8.36. The van der Waals surface area contributed by atoms with Crippen LogP contribution in [0.3, 0.4) is 0 Å². The number of hydrogen-bond donors (Lipinski definition) is 1. The molecule has 0 aliphatic heterocycles. The van der Waals surface area contributed by atoms with Crippen molar-refractivity contribution in [1.29, 1.82) is 0 Å². The van der Waals surface area contributed by atoms with E-state index < -0.39 is 10.0 Å². The summed E-state index contributed by atoms with van der Waals surface area (Å²) < 4.78 is 29.0. The number of aryl methyl sites for hydroxylation is 3. The summed E-state index contributed by atoms with van der Waals surface area (Å²) >= 11 is 0. The van der Waals surface area contributed by atoms with Gasteiger partial charge in [0, 0.05) is 6.04 Å². The third-order valence-corrected chi connectivity index (χ3v) is 5.86. The van der Waals surface area contributed by atoms with Crippen LogP contribution in [0.5, 0.6) is 0 Å². The molecule has 0 heterocycles. The lowest BCUT2D eigenvalue weighted by Crippen LogP contribution is -2.30. The molecule has 1 N–H and O–H groups in total. The zero-order valence-electron chi connectivity index (χ0n) is 15.1. The van der Waals surface area contributed by atoms with E-state index in [-0.39, 0.29) is 6.04 Å². The largest absolute Gasteiger partial charge is 0.241 e. The molecule has 4 heteroatoms. The molecule has 1 unspecified atom stereocenters. The van der Waals surface area contributed by atoms with Crippen LogP contribution < -0.4 is 4.72 Å². The fourth-order valence-corrected chi connectivity index (χ4v) is 4.94.